The van der Waals surface area contributed by atoms with Crippen LogP contribution in [0.4, 0.5) is 4.79 Å². The van der Waals surface area contributed by atoms with Crippen molar-refractivity contribution in [1.29, 1.82) is 0 Å². The average Bonchev–Trinajstić information content (AvgIpc) is 3.02. The molecule has 1 atom stereocenters. The summed E-state index contributed by atoms with van der Waals surface area (Å²) in [4.78, 5) is 13.0. The highest BCUT2D eigenvalue weighted by molar-refractivity contribution is 7.10. The van der Waals surface area contributed by atoms with E-state index >= 15 is 0 Å². The average molecular weight is 350 g/mol. The Hall–Kier alpha value is -2.25. The van der Waals surface area contributed by atoms with Crippen molar-refractivity contribution < 1.29 is 19.4 Å². The summed E-state index contributed by atoms with van der Waals surface area (Å²) in [6, 6.07) is 6.84. The van der Waals surface area contributed by atoms with Gasteiger partial charge in [-0.25, -0.2) is 4.79 Å². The number of carbonyl (C=O) groups excluding carboxylic acids is 1. The zero-order valence-electron chi connectivity index (χ0n) is 14.0. The van der Waals surface area contributed by atoms with Crippen LogP contribution in [0, 0.1) is 6.92 Å². The zero-order valence-corrected chi connectivity index (χ0v) is 14.8. The second kappa shape index (κ2) is 8.56. The van der Waals surface area contributed by atoms with Gasteiger partial charge in [0.1, 0.15) is 17.6 Å². The predicted molar refractivity (Wildman–Crippen MR) is 93.8 cm³/mol. The molecule has 0 aliphatic rings. The first-order valence-corrected chi connectivity index (χ1v) is 8.37. The Balaban J connectivity index is 1.89. The molecular weight excluding hydrogens is 328 g/mol. The smallest absolute Gasteiger partial charge is 0.315 e. The number of aliphatic hydroxyl groups excluding tert-OH is 1. The molecule has 0 aliphatic carbocycles. The van der Waals surface area contributed by atoms with Crippen LogP contribution in [0.15, 0.2) is 29.6 Å². The Kier molecular flexibility index (Phi) is 6.45. The van der Waals surface area contributed by atoms with E-state index in [4.69, 9.17) is 9.47 Å². The van der Waals surface area contributed by atoms with Crippen LogP contribution in [0.1, 0.15) is 22.1 Å². The molecule has 1 aromatic carbocycles. The number of thiophene rings is 1. The highest BCUT2D eigenvalue weighted by atomic mass is 32.1. The fourth-order valence-electron chi connectivity index (χ4n) is 2.21. The lowest BCUT2D eigenvalue weighted by molar-refractivity contribution is 0.169. The summed E-state index contributed by atoms with van der Waals surface area (Å²) in [5, 5.41) is 17.7. The van der Waals surface area contributed by atoms with Crippen LogP contribution in [0.5, 0.6) is 11.5 Å². The monoisotopic (exact) mass is 350 g/mol. The first-order chi connectivity index (χ1) is 11.5. The van der Waals surface area contributed by atoms with Gasteiger partial charge in [0.2, 0.25) is 0 Å². The van der Waals surface area contributed by atoms with Crippen molar-refractivity contribution in [2.24, 2.45) is 0 Å². The minimum absolute atomic E-state index is 0.0682. The third kappa shape index (κ3) is 4.62. The molecule has 1 heterocycles. The molecule has 1 aromatic heterocycles. The number of benzene rings is 1. The van der Waals surface area contributed by atoms with Crippen LogP contribution in [0.2, 0.25) is 0 Å². The number of methoxy groups -OCH3 is 2. The molecule has 6 nitrogen and oxygen atoms in total. The lowest BCUT2D eigenvalue weighted by Gasteiger charge is -2.16. The predicted octanol–water partition coefficient (Wildman–Crippen LogP) is 2.61. The highest BCUT2D eigenvalue weighted by Crippen LogP contribution is 2.29. The van der Waals surface area contributed by atoms with Crippen molar-refractivity contribution >= 4 is 17.4 Å². The summed E-state index contributed by atoms with van der Waals surface area (Å²) in [7, 11) is 3.08. The van der Waals surface area contributed by atoms with Gasteiger partial charge in [-0.15, -0.1) is 11.3 Å². The van der Waals surface area contributed by atoms with Gasteiger partial charge in [-0.3, -0.25) is 0 Å². The standard InChI is InChI=1S/C17H22N2O4S/c1-11-6-7-24-16(11)10-19-17(21)18-9-14(20)13-8-12(22-2)4-5-15(13)23-3/h4-8,14,20H,9-10H2,1-3H3,(H2,18,19,21). The quantitative estimate of drug-likeness (QED) is 0.717. The molecule has 0 saturated carbocycles. The van der Waals surface area contributed by atoms with Crippen LogP contribution in [0.25, 0.3) is 0 Å². The van der Waals surface area contributed by atoms with Crippen molar-refractivity contribution in [2.75, 3.05) is 20.8 Å². The Morgan fingerprint density at radius 3 is 2.67 bits per heavy atom. The molecule has 1 unspecified atom stereocenters. The minimum atomic E-state index is -0.899. The third-order valence-electron chi connectivity index (χ3n) is 3.63. The first kappa shape index (κ1) is 18.1. The number of hydrogen-bond acceptors (Lipinski definition) is 5. The lowest BCUT2D eigenvalue weighted by Crippen LogP contribution is -2.37. The van der Waals surface area contributed by atoms with Crippen molar-refractivity contribution in [3.63, 3.8) is 0 Å². The molecule has 0 spiro atoms. The van der Waals surface area contributed by atoms with Gasteiger partial charge in [0.25, 0.3) is 0 Å². The van der Waals surface area contributed by atoms with Gasteiger partial charge in [0.05, 0.1) is 20.8 Å². The number of nitrogens with one attached hydrogen (secondary N) is 2. The van der Waals surface area contributed by atoms with Crippen LogP contribution in [-0.4, -0.2) is 31.9 Å². The maximum Gasteiger partial charge on any atom is 0.315 e. The maximum atomic E-state index is 11.9. The number of aryl methyl sites for hydroxylation is 1. The SMILES string of the molecule is COc1ccc(OC)c(C(O)CNC(=O)NCc2sccc2C)c1. The Morgan fingerprint density at radius 2 is 2.04 bits per heavy atom. The molecule has 2 aromatic rings. The van der Waals surface area contributed by atoms with Crippen LogP contribution in [0.3, 0.4) is 0 Å². The number of rotatable bonds is 7. The summed E-state index contributed by atoms with van der Waals surface area (Å²) in [6.07, 6.45) is -0.899. The summed E-state index contributed by atoms with van der Waals surface area (Å²) in [5.74, 6) is 1.15. The van der Waals surface area contributed by atoms with E-state index in [0.29, 0.717) is 23.6 Å². The molecule has 3 N–H and O–H groups in total. The number of urea groups is 1. The minimum Gasteiger partial charge on any atom is -0.497 e. The number of carbonyl (C=O) groups is 1. The van der Waals surface area contributed by atoms with Gasteiger partial charge in [-0.2, -0.15) is 0 Å². The van der Waals surface area contributed by atoms with E-state index in [0.717, 1.165) is 10.4 Å². The molecule has 7 heteroatoms. The maximum absolute atomic E-state index is 11.9. The number of ether oxygens (including phenoxy) is 2. The Labute approximate surface area is 145 Å². The summed E-state index contributed by atoms with van der Waals surface area (Å²) < 4.78 is 10.4. The molecule has 0 fully saturated rings. The zero-order chi connectivity index (χ0) is 17.5. The summed E-state index contributed by atoms with van der Waals surface area (Å²) >= 11 is 1.60. The molecule has 0 bridgehead atoms. The van der Waals surface area contributed by atoms with Gasteiger partial charge in [0.15, 0.2) is 0 Å². The van der Waals surface area contributed by atoms with Crippen molar-refractivity contribution in [3.8, 4) is 11.5 Å². The number of hydrogen-bond donors (Lipinski definition) is 3. The van der Waals surface area contributed by atoms with Crippen LogP contribution in [-0.2, 0) is 6.54 Å². The first-order valence-electron chi connectivity index (χ1n) is 7.49. The molecule has 2 rings (SSSR count). The lowest BCUT2D eigenvalue weighted by atomic mass is 10.1. The fraction of sp³-hybridized carbons (Fsp3) is 0.353. The van der Waals surface area contributed by atoms with Gasteiger partial charge in [-0.05, 0) is 42.1 Å². The van der Waals surface area contributed by atoms with E-state index < -0.39 is 6.10 Å². The number of aliphatic hydroxyl groups is 1. The topological polar surface area (TPSA) is 79.8 Å². The molecular formula is C17H22N2O4S. The van der Waals surface area contributed by atoms with E-state index in [1.54, 1.807) is 36.6 Å². The highest BCUT2D eigenvalue weighted by Gasteiger charge is 2.15. The third-order valence-corrected chi connectivity index (χ3v) is 4.65. The second-order valence-electron chi connectivity index (χ2n) is 5.21. The Bertz CT molecular complexity index is 687. The van der Waals surface area contributed by atoms with Gasteiger partial charge >= 0.3 is 6.03 Å². The molecule has 2 amide bonds. The fourth-order valence-corrected chi connectivity index (χ4v) is 3.05. The van der Waals surface area contributed by atoms with E-state index in [2.05, 4.69) is 10.6 Å². The van der Waals surface area contributed by atoms with Crippen molar-refractivity contribution in [3.05, 3.63) is 45.6 Å². The molecule has 0 radical (unpaired) electrons. The Morgan fingerprint density at radius 1 is 1.25 bits per heavy atom. The van der Waals surface area contributed by atoms with Gasteiger partial charge in [-0.1, -0.05) is 0 Å². The second-order valence-corrected chi connectivity index (χ2v) is 6.21. The van der Waals surface area contributed by atoms with Gasteiger partial charge < -0.3 is 25.2 Å². The van der Waals surface area contributed by atoms with E-state index in [-0.39, 0.29) is 12.6 Å². The number of amides is 2. The summed E-state index contributed by atoms with van der Waals surface area (Å²) in [5.41, 5.74) is 1.72. The van der Waals surface area contributed by atoms with E-state index in [1.165, 1.54) is 7.11 Å². The normalized spacial score (nSPS) is 11.7. The summed E-state index contributed by atoms with van der Waals surface area (Å²) in [6.45, 7) is 2.54. The molecule has 130 valence electrons. The molecule has 0 saturated heterocycles. The largest absolute Gasteiger partial charge is 0.497 e. The molecule has 24 heavy (non-hydrogen) atoms. The van der Waals surface area contributed by atoms with Crippen LogP contribution < -0.4 is 20.1 Å². The van der Waals surface area contributed by atoms with E-state index in [1.807, 2.05) is 18.4 Å². The molecule has 0 aliphatic heterocycles. The van der Waals surface area contributed by atoms with Gasteiger partial charge in [0, 0.05) is 17.0 Å². The van der Waals surface area contributed by atoms with Crippen molar-refractivity contribution in [2.45, 2.75) is 19.6 Å². The van der Waals surface area contributed by atoms with E-state index in [9.17, 15) is 9.90 Å². The van der Waals surface area contributed by atoms with Crippen molar-refractivity contribution in [1.82, 2.24) is 10.6 Å². The van der Waals surface area contributed by atoms with Crippen LogP contribution >= 0.6 is 11.3 Å².